The molecule has 0 bridgehead atoms. The van der Waals surface area contributed by atoms with Gasteiger partial charge in [0.25, 0.3) is 0 Å². The Kier molecular flexibility index (Phi) is 7.77. The maximum atomic E-state index is 13.5. The molecule has 1 saturated carbocycles. The monoisotopic (exact) mass is 479 g/mol. The molecule has 3 rings (SSSR count). The van der Waals surface area contributed by atoms with E-state index in [-0.39, 0.29) is 17.6 Å². The highest BCUT2D eigenvalue weighted by Crippen LogP contribution is 2.46. The van der Waals surface area contributed by atoms with Crippen LogP contribution in [0.2, 0.25) is 0 Å². The molecule has 10 nitrogen and oxygen atoms in total. The molecule has 34 heavy (non-hydrogen) atoms. The van der Waals surface area contributed by atoms with Crippen LogP contribution in [0.25, 0.3) is 0 Å². The summed E-state index contributed by atoms with van der Waals surface area (Å²) in [5.74, 6) is -1.53. The minimum Gasteiger partial charge on any atom is -0.513 e. The summed E-state index contributed by atoms with van der Waals surface area (Å²) in [4.78, 5) is 53.1. The highest BCUT2D eigenvalue weighted by molar-refractivity contribution is 5.96. The van der Waals surface area contributed by atoms with Crippen molar-refractivity contribution < 1.29 is 33.8 Å². The van der Waals surface area contributed by atoms with Crippen LogP contribution in [0.15, 0.2) is 11.8 Å². The predicted molar refractivity (Wildman–Crippen MR) is 123 cm³/mol. The van der Waals surface area contributed by atoms with Crippen molar-refractivity contribution in [2.24, 2.45) is 5.92 Å². The number of esters is 1. The third kappa shape index (κ3) is 6.01. The van der Waals surface area contributed by atoms with E-state index >= 15 is 0 Å². The molecule has 3 N–H and O–H groups in total. The van der Waals surface area contributed by atoms with Gasteiger partial charge in [0.1, 0.15) is 23.2 Å². The number of nitrogens with zero attached hydrogens (tertiary/aromatic N) is 1. The Hall–Kier alpha value is -2.78. The minimum absolute atomic E-state index is 0.168. The molecule has 0 aromatic carbocycles. The lowest BCUT2D eigenvalue weighted by Gasteiger charge is -2.30. The standard InChI is InChI=1S/C24H37N3O7/c1-23(2,3)34-22(32)25-17-10-7-5-6-9-16(28)13-15-14-24(15,21(31)33-4)26-19(29)18-11-8-12-27(18)20(17)30/h13,15,17-18,28H,5-12,14H2,1-4H3,(H,25,32)(H,26,29)/b16-13-. The SMILES string of the molecule is COC(=O)C12CC1/C=C(\O)CCCCCC(NC(=O)OC(C)(C)C)C(=O)N1CCCC1C(=O)N2. The lowest BCUT2D eigenvalue weighted by molar-refractivity contribution is -0.148. The van der Waals surface area contributed by atoms with Gasteiger partial charge in [0.15, 0.2) is 0 Å². The quantitative estimate of drug-likeness (QED) is 0.518. The average Bonchev–Trinajstić information content (AvgIpc) is 3.19. The number of aliphatic hydroxyl groups is 1. The molecular weight excluding hydrogens is 442 g/mol. The maximum Gasteiger partial charge on any atom is 0.408 e. The van der Waals surface area contributed by atoms with Crippen molar-refractivity contribution in [3.63, 3.8) is 0 Å². The number of hydrogen-bond donors (Lipinski definition) is 3. The number of nitrogens with one attached hydrogen (secondary N) is 2. The molecule has 0 aromatic heterocycles. The van der Waals surface area contributed by atoms with Crippen LogP contribution in [0.1, 0.15) is 72.1 Å². The fraction of sp³-hybridized carbons (Fsp3) is 0.750. The summed E-state index contributed by atoms with van der Waals surface area (Å²) in [6.07, 6.45) is 5.27. The molecule has 4 atom stereocenters. The van der Waals surface area contributed by atoms with Crippen LogP contribution in [-0.2, 0) is 23.9 Å². The fourth-order valence-corrected chi connectivity index (χ4v) is 4.76. The van der Waals surface area contributed by atoms with Crippen molar-refractivity contribution in [3.05, 3.63) is 11.8 Å². The molecule has 0 spiro atoms. The average molecular weight is 480 g/mol. The molecule has 190 valence electrons. The molecule has 1 saturated heterocycles. The number of methoxy groups -OCH3 is 1. The Morgan fingerprint density at radius 1 is 1.18 bits per heavy atom. The number of carbonyl (C=O) groups excluding carboxylic acids is 4. The van der Waals surface area contributed by atoms with E-state index in [0.717, 1.165) is 6.42 Å². The van der Waals surface area contributed by atoms with Crippen molar-refractivity contribution >= 4 is 23.9 Å². The summed E-state index contributed by atoms with van der Waals surface area (Å²) < 4.78 is 10.3. The van der Waals surface area contributed by atoms with E-state index in [1.165, 1.54) is 12.0 Å². The number of amides is 3. The molecule has 3 amide bonds. The molecule has 2 fully saturated rings. The first-order valence-electron chi connectivity index (χ1n) is 12.1. The molecule has 10 heteroatoms. The highest BCUT2D eigenvalue weighted by atomic mass is 16.6. The number of fused-ring (bicyclic) bond motifs is 2. The third-order valence-corrected chi connectivity index (χ3v) is 6.56. The molecule has 0 aromatic rings. The number of carbonyl (C=O) groups is 4. The summed E-state index contributed by atoms with van der Waals surface area (Å²) in [6.45, 7) is 5.62. The molecule has 1 aliphatic carbocycles. The van der Waals surface area contributed by atoms with Crippen LogP contribution in [0.4, 0.5) is 4.79 Å². The van der Waals surface area contributed by atoms with E-state index in [4.69, 9.17) is 9.47 Å². The lowest BCUT2D eigenvalue weighted by atomic mass is 10.0. The fourth-order valence-electron chi connectivity index (χ4n) is 4.76. The first-order valence-corrected chi connectivity index (χ1v) is 12.1. The third-order valence-electron chi connectivity index (χ3n) is 6.56. The molecule has 2 aliphatic heterocycles. The van der Waals surface area contributed by atoms with Crippen LogP contribution in [0.3, 0.4) is 0 Å². The summed E-state index contributed by atoms with van der Waals surface area (Å²) in [7, 11) is 1.26. The number of allylic oxidation sites excluding steroid dienone is 1. The second kappa shape index (κ2) is 10.2. The number of aliphatic hydroxyl groups excluding tert-OH is 1. The number of alkyl carbamates (subject to hydrolysis) is 1. The Morgan fingerprint density at radius 3 is 2.59 bits per heavy atom. The van der Waals surface area contributed by atoms with Crippen molar-refractivity contribution in [2.45, 2.75) is 95.4 Å². The summed E-state index contributed by atoms with van der Waals surface area (Å²) in [5, 5.41) is 15.8. The second-order valence-corrected chi connectivity index (χ2v) is 10.4. The maximum absolute atomic E-state index is 13.5. The molecular formula is C24H37N3O7. The van der Waals surface area contributed by atoms with Crippen LogP contribution in [0, 0.1) is 5.92 Å². The zero-order valence-electron chi connectivity index (χ0n) is 20.5. The predicted octanol–water partition coefficient (Wildman–Crippen LogP) is 2.32. The Morgan fingerprint density at radius 2 is 1.91 bits per heavy atom. The number of hydrogen-bond acceptors (Lipinski definition) is 7. The van der Waals surface area contributed by atoms with Crippen molar-refractivity contribution in [1.82, 2.24) is 15.5 Å². The van der Waals surface area contributed by atoms with Gasteiger partial charge in [-0.2, -0.15) is 0 Å². The van der Waals surface area contributed by atoms with Gasteiger partial charge >= 0.3 is 12.1 Å². The number of rotatable bonds is 2. The van der Waals surface area contributed by atoms with Crippen molar-refractivity contribution in [2.75, 3.05) is 13.7 Å². The molecule has 4 unspecified atom stereocenters. The topological polar surface area (TPSA) is 134 Å². The minimum atomic E-state index is -1.23. The molecule has 3 aliphatic rings. The van der Waals surface area contributed by atoms with E-state index in [9.17, 15) is 24.3 Å². The Bertz CT molecular complexity index is 850. The van der Waals surface area contributed by atoms with Gasteiger partial charge in [-0.1, -0.05) is 12.8 Å². The van der Waals surface area contributed by atoms with Crippen molar-refractivity contribution in [1.29, 1.82) is 0 Å². The van der Waals surface area contributed by atoms with E-state index in [1.807, 2.05) is 0 Å². The molecule has 0 radical (unpaired) electrons. The Balaban J connectivity index is 1.84. The summed E-state index contributed by atoms with van der Waals surface area (Å²) >= 11 is 0. The van der Waals surface area contributed by atoms with Crippen molar-refractivity contribution in [3.8, 4) is 0 Å². The van der Waals surface area contributed by atoms with Gasteiger partial charge in [-0.25, -0.2) is 9.59 Å². The van der Waals surface area contributed by atoms with Crippen LogP contribution in [0.5, 0.6) is 0 Å². The first kappa shape index (κ1) is 25.8. The summed E-state index contributed by atoms with van der Waals surface area (Å²) in [6, 6.07) is -1.58. The normalized spacial score (nSPS) is 32.1. The van der Waals surface area contributed by atoms with Crippen LogP contribution >= 0.6 is 0 Å². The van der Waals surface area contributed by atoms with Crippen LogP contribution < -0.4 is 10.6 Å². The summed E-state index contributed by atoms with van der Waals surface area (Å²) in [5.41, 5.74) is -1.94. The largest absolute Gasteiger partial charge is 0.513 e. The van der Waals surface area contributed by atoms with Gasteiger partial charge in [0, 0.05) is 18.9 Å². The van der Waals surface area contributed by atoms with Gasteiger partial charge in [0.05, 0.1) is 12.9 Å². The van der Waals surface area contributed by atoms with E-state index in [0.29, 0.717) is 51.5 Å². The highest BCUT2D eigenvalue weighted by Gasteiger charge is 2.62. The van der Waals surface area contributed by atoms with E-state index in [1.54, 1.807) is 26.8 Å². The van der Waals surface area contributed by atoms with Gasteiger partial charge < -0.3 is 30.1 Å². The van der Waals surface area contributed by atoms with E-state index < -0.39 is 41.2 Å². The van der Waals surface area contributed by atoms with E-state index in [2.05, 4.69) is 10.6 Å². The smallest absolute Gasteiger partial charge is 0.408 e. The second-order valence-electron chi connectivity index (χ2n) is 10.4. The van der Waals surface area contributed by atoms with Gasteiger partial charge in [-0.3, -0.25) is 9.59 Å². The van der Waals surface area contributed by atoms with Gasteiger partial charge in [-0.05, 0) is 59.0 Å². The lowest BCUT2D eigenvalue weighted by Crippen LogP contribution is -2.56. The zero-order chi connectivity index (χ0) is 25.1. The zero-order valence-corrected chi connectivity index (χ0v) is 20.5. The number of ether oxygens (including phenoxy) is 2. The molecule has 2 heterocycles. The first-order chi connectivity index (χ1) is 16.0. The van der Waals surface area contributed by atoms with Gasteiger partial charge in [-0.15, -0.1) is 0 Å². The Labute approximate surface area is 200 Å². The van der Waals surface area contributed by atoms with Crippen LogP contribution in [-0.4, -0.2) is 70.8 Å². The van der Waals surface area contributed by atoms with Gasteiger partial charge in [0.2, 0.25) is 11.8 Å².